The number of halogens is 2. The molecule has 1 saturated heterocycles. The van der Waals surface area contributed by atoms with Crippen molar-refractivity contribution in [3.63, 3.8) is 0 Å². The number of imide groups is 1. The maximum Gasteiger partial charge on any atom is 0.417 e. The summed E-state index contributed by atoms with van der Waals surface area (Å²) in [5.41, 5.74) is 4.24. The van der Waals surface area contributed by atoms with Gasteiger partial charge in [-0.1, -0.05) is 72.3 Å². The lowest BCUT2D eigenvalue weighted by molar-refractivity contribution is -0.134. The van der Waals surface area contributed by atoms with E-state index >= 15 is 0 Å². The number of aliphatic imine (C=N–C) groups is 1. The van der Waals surface area contributed by atoms with E-state index < -0.39 is 48.4 Å². The molecular weight excluding hydrogens is 564 g/mol. The van der Waals surface area contributed by atoms with Crippen molar-refractivity contribution in [1.29, 1.82) is 0 Å². The molecule has 0 bridgehead atoms. The fraction of sp³-hybridized carbons (Fsp3) is 0.229. The minimum atomic E-state index is -0.844. The van der Waals surface area contributed by atoms with E-state index in [9.17, 15) is 23.5 Å². The number of hydrogen-bond donors (Lipinski definition) is 2. The lowest BCUT2D eigenvalue weighted by Crippen LogP contribution is -2.42. The standard InChI is InChI=1S/C35H33F2N3O4/c1-23-7-9-26(10-8-23)33(39-29-17-15-28(37)16-18-29)30(19-20-31(38-22-41)24-11-13-27(36)14-12-24)34(42)40-32(21-44-35(40)43)25-5-3-2-4-6-25/h2-18,30,32-33,39,41H,19-22H2,1H3/b38-31-/t30?,32-,33?/m1/s1. The van der Waals surface area contributed by atoms with Gasteiger partial charge in [0.2, 0.25) is 5.91 Å². The Morgan fingerprint density at radius 2 is 1.59 bits per heavy atom. The highest BCUT2D eigenvalue weighted by Crippen LogP contribution is 2.37. The van der Waals surface area contributed by atoms with E-state index in [4.69, 9.17) is 4.74 Å². The third-order valence-corrected chi connectivity index (χ3v) is 7.75. The molecule has 2 amide bonds. The van der Waals surface area contributed by atoms with Crippen LogP contribution >= 0.6 is 0 Å². The number of amides is 2. The van der Waals surface area contributed by atoms with Crippen LogP contribution in [0.15, 0.2) is 108 Å². The van der Waals surface area contributed by atoms with Crippen molar-refractivity contribution in [3.8, 4) is 0 Å². The average molecular weight is 598 g/mol. The minimum Gasteiger partial charge on any atom is -0.446 e. The van der Waals surface area contributed by atoms with Crippen molar-refractivity contribution in [1.82, 2.24) is 4.90 Å². The van der Waals surface area contributed by atoms with Crippen molar-refractivity contribution in [2.75, 3.05) is 18.7 Å². The lowest BCUT2D eigenvalue weighted by atomic mass is 9.85. The van der Waals surface area contributed by atoms with Crippen LogP contribution in [0.5, 0.6) is 0 Å². The summed E-state index contributed by atoms with van der Waals surface area (Å²) < 4.78 is 32.9. The van der Waals surface area contributed by atoms with Crippen LogP contribution < -0.4 is 5.32 Å². The van der Waals surface area contributed by atoms with Crippen LogP contribution in [-0.4, -0.2) is 41.1 Å². The first-order valence-corrected chi connectivity index (χ1v) is 14.4. The van der Waals surface area contributed by atoms with Crippen molar-refractivity contribution >= 4 is 23.4 Å². The van der Waals surface area contributed by atoms with Crippen LogP contribution in [0, 0.1) is 24.5 Å². The van der Waals surface area contributed by atoms with E-state index in [0.717, 1.165) is 16.7 Å². The normalized spacial score (nSPS) is 16.4. The molecule has 2 unspecified atom stereocenters. The van der Waals surface area contributed by atoms with Gasteiger partial charge < -0.3 is 15.2 Å². The number of hydrogen-bond acceptors (Lipinski definition) is 6. The van der Waals surface area contributed by atoms with Crippen molar-refractivity contribution in [3.05, 3.63) is 137 Å². The number of cyclic esters (lactones) is 1. The fourth-order valence-corrected chi connectivity index (χ4v) is 5.45. The zero-order valence-corrected chi connectivity index (χ0v) is 24.2. The highest BCUT2D eigenvalue weighted by atomic mass is 19.1. The Balaban J connectivity index is 1.56. The average Bonchev–Trinajstić information content (AvgIpc) is 3.43. The van der Waals surface area contributed by atoms with Crippen LogP contribution in [0.1, 0.15) is 47.2 Å². The third-order valence-electron chi connectivity index (χ3n) is 7.75. The van der Waals surface area contributed by atoms with E-state index in [1.807, 2.05) is 61.5 Å². The molecule has 1 heterocycles. The number of nitrogens with zero attached hydrogens (tertiary/aromatic N) is 2. The Morgan fingerprint density at radius 1 is 0.955 bits per heavy atom. The predicted molar refractivity (Wildman–Crippen MR) is 164 cm³/mol. The number of benzene rings is 4. The molecule has 0 aromatic heterocycles. The first-order valence-electron chi connectivity index (χ1n) is 14.4. The van der Waals surface area contributed by atoms with Gasteiger partial charge in [-0.15, -0.1) is 0 Å². The number of carbonyl (C=O) groups excluding carboxylic acids is 2. The summed E-state index contributed by atoms with van der Waals surface area (Å²) in [5.74, 6) is -2.11. The van der Waals surface area contributed by atoms with Gasteiger partial charge in [-0.05, 0) is 72.9 Å². The maximum atomic E-state index is 14.6. The molecule has 0 spiro atoms. The lowest BCUT2D eigenvalue weighted by Gasteiger charge is -2.32. The van der Waals surface area contributed by atoms with Crippen LogP contribution in [0.2, 0.25) is 0 Å². The van der Waals surface area contributed by atoms with Crippen molar-refractivity contribution in [2.45, 2.75) is 31.8 Å². The number of anilines is 1. The zero-order chi connectivity index (χ0) is 31.1. The third kappa shape index (κ3) is 7.18. The predicted octanol–water partition coefficient (Wildman–Crippen LogP) is 6.98. The summed E-state index contributed by atoms with van der Waals surface area (Å²) in [6, 6.07) is 27.2. The smallest absolute Gasteiger partial charge is 0.417 e. The van der Waals surface area contributed by atoms with Gasteiger partial charge in [0.15, 0.2) is 0 Å². The molecule has 7 nitrogen and oxygen atoms in total. The Kier molecular flexibility index (Phi) is 9.76. The van der Waals surface area contributed by atoms with E-state index in [0.29, 0.717) is 17.0 Å². The monoisotopic (exact) mass is 597 g/mol. The van der Waals surface area contributed by atoms with Crippen LogP contribution in [0.3, 0.4) is 0 Å². The molecule has 2 N–H and O–H groups in total. The van der Waals surface area contributed by atoms with E-state index in [-0.39, 0.29) is 19.4 Å². The van der Waals surface area contributed by atoms with E-state index in [1.54, 1.807) is 24.3 Å². The number of aliphatic hydroxyl groups is 1. The number of carbonyl (C=O) groups is 2. The Hall–Kier alpha value is -4.89. The summed E-state index contributed by atoms with van der Waals surface area (Å²) >= 11 is 0. The Bertz CT molecular complexity index is 1590. The molecule has 1 fully saturated rings. The molecule has 1 aliphatic heterocycles. The van der Waals surface area contributed by atoms with Gasteiger partial charge in [-0.25, -0.2) is 18.5 Å². The van der Waals surface area contributed by atoms with Crippen LogP contribution in [0.4, 0.5) is 19.3 Å². The second-order valence-electron chi connectivity index (χ2n) is 10.6. The van der Waals surface area contributed by atoms with Gasteiger partial charge in [-0.2, -0.15) is 0 Å². The van der Waals surface area contributed by atoms with Gasteiger partial charge in [-0.3, -0.25) is 9.79 Å². The summed E-state index contributed by atoms with van der Waals surface area (Å²) in [4.78, 5) is 33.1. The van der Waals surface area contributed by atoms with E-state index in [2.05, 4.69) is 10.3 Å². The molecule has 226 valence electrons. The second-order valence-corrected chi connectivity index (χ2v) is 10.6. The largest absolute Gasteiger partial charge is 0.446 e. The maximum absolute atomic E-state index is 14.6. The number of aliphatic hydroxyl groups excluding tert-OH is 1. The zero-order valence-electron chi connectivity index (χ0n) is 24.2. The molecule has 9 heteroatoms. The number of ether oxygens (including phenoxy) is 1. The molecule has 0 radical (unpaired) electrons. The van der Waals surface area contributed by atoms with Gasteiger partial charge in [0.05, 0.1) is 12.0 Å². The van der Waals surface area contributed by atoms with Gasteiger partial charge >= 0.3 is 6.09 Å². The highest BCUT2D eigenvalue weighted by molar-refractivity contribution is 6.01. The summed E-state index contributed by atoms with van der Waals surface area (Å²) in [6.45, 7) is 1.49. The summed E-state index contributed by atoms with van der Waals surface area (Å²) in [5, 5.41) is 13.1. The topological polar surface area (TPSA) is 91.2 Å². The fourth-order valence-electron chi connectivity index (χ4n) is 5.45. The number of nitrogens with one attached hydrogen (secondary N) is 1. The first kappa shape index (κ1) is 30.6. The summed E-state index contributed by atoms with van der Waals surface area (Å²) in [7, 11) is 0. The number of aryl methyl sites for hydroxylation is 1. The molecule has 4 aromatic rings. The number of rotatable bonds is 11. The Morgan fingerprint density at radius 3 is 2.23 bits per heavy atom. The molecule has 5 rings (SSSR count). The van der Waals surface area contributed by atoms with Gasteiger partial charge in [0, 0.05) is 11.4 Å². The second kappa shape index (κ2) is 14.1. The highest BCUT2D eigenvalue weighted by Gasteiger charge is 2.44. The molecule has 0 saturated carbocycles. The van der Waals surface area contributed by atoms with E-state index in [1.165, 1.54) is 29.2 Å². The van der Waals surface area contributed by atoms with Crippen LogP contribution in [-0.2, 0) is 9.53 Å². The molecule has 3 atom stereocenters. The van der Waals surface area contributed by atoms with Crippen molar-refractivity contribution < 1.29 is 28.2 Å². The minimum absolute atomic E-state index is 0.0225. The SMILES string of the molecule is Cc1ccc(C(Nc2ccc(F)cc2)C(CC/C(=N/CO)c2ccc(F)cc2)C(=O)N2C(=O)OC[C@@H]2c2ccccc2)cc1. The summed E-state index contributed by atoms with van der Waals surface area (Å²) in [6.07, 6.45) is -0.303. The van der Waals surface area contributed by atoms with Gasteiger partial charge in [0.25, 0.3) is 0 Å². The van der Waals surface area contributed by atoms with Crippen LogP contribution in [0.25, 0.3) is 0 Å². The Labute approximate surface area is 254 Å². The quantitative estimate of drug-likeness (QED) is 0.182. The first-order chi connectivity index (χ1) is 21.3. The molecular formula is C35H33F2N3O4. The molecule has 1 aliphatic rings. The van der Waals surface area contributed by atoms with Gasteiger partial charge in [0.1, 0.15) is 31.0 Å². The van der Waals surface area contributed by atoms with Crippen molar-refractivity contribution in [2.24, 2.45) is 10.9 Å². The molecule has 4 aromatic carbocycles. The molecule has 44 heavy (non-hydrogen) atoms. The molecule has 0 aliphatic carbocycles.